The highest BCUT2D eigenvalue weighted by molar-refractivity contribution is 7.82. The predicted octanol–water partition coefficient (Wildman–Crippen LogP) is 1.97. The molecule has 86 valence electrons. The molecule has 0 aromatic heterocycles. The molecular weight excluding hydrogens is 216 g/mol. The van der Waals surface area contributed by atoms with Crippen LogP contribution in [0, 0.1) is 12.0 Å². The Labute approximate surface area is 91.3 Å². The van der Waals surface area contributed by atoms with Crippen molar-refractivity contribution in [2.75, 3.05) is 0 Å². The van der Waals surface area contributed by atoms with E-state index in [4.69, 9.17) is 0 Å². The van der Waals surface area contributed by atoms with E-state index < -0.39 is 16.5 Å². The lowest BCUT2D eigenvalue weighted by atomic mass is 10.1. The summed E-state index contributed by atoms with van der Waals surface area (Å²) in [5.41, 5.74) is 0. The van der Waals surface area contributed by atoms with E-state index in [-0.39, 0.29) is 0 Å². The van der Waals surface area contributed by atoms with Crippen LogP contribution in [0.1, 0.15) is 45.4 Å². The fourth-order valence-electron chi connectivity index (χ4n) is 1.38. The Kier molecular flexibility index (Phi) is 4.92. The maximum absolute atomic E-state index is 10.8. The minimum Gasteiger partial charge on any atom is -0.307 e. The molecule has 0 bridgehead atoms. The van der Waals surface area contributed by atoms with E-state index in [2.05, 4.69) is 27.3 Å². The molecule has 15 heavy (non-hydrogen) atoms. The Bertz CT molecular complexity index is 336. The molecule has 0 fully saturated rings. The number of hydrogen-bond acceptors (Lipinski definition) is 4. The third-order valence-corrected chi connectivity index (χ3v) is 2.92. The molecule has 0 N–H and O–H groups in total. The first-order valence-electron chi connectivity index (χ1n) is 5.26. The molecule has 1 aliphatic heterocycles. The van der Waals surface area contributed by atoms with Gasteiger partial charge < -0.3 is 4.18 Å². The van der Waals surface area contributed by atoms with E-state index in [1.807, 2.05) is 0 Å². The zero-order valence-electron chi connectivity index (χ0n) is 8.86. The second-order valence-electron chi connectivity index (χ2n) is 3.53. The zero-order valence-corrected chi connectivity index (χ0v) is 9.68. The molecule has 0 aromatic rings. The van der Waals surface area contributed by atoms with Crippen LogP contribution in [0.2, 0.25) is 0 Å². The quantitative estimate of drug-likeness (QED) is 0.519. The highest BCUT2D eigenvalue weighted by Crippen LogP contribution is 2.13. The van der Waals surface area contributed by atoms with Crippen molar-refractivity contribution in [3.05, 3.63) is 0 Å². The van der Waals surface area contributed by atoms with Crippen LogP contribution < -0.4 is 0 Å². The van der Waals surface area contributed by atoms with Crippen LogP contribution in [0.25, 0.3) is 0 Å². The maximum Gasteiger partial charge on any atom is 0.458 e. The monoisotopic (exact) mass is 232 g/mol. The lowest BCUT2D eigenvalue weighted by molar-refractivity contribution is 0.201. The second-order valence-corrected chi connectivity index (χ2v) is 4.70. The summed E-state index contributed by atoms with van der Waals surface area (Å²) in [6.45, 7) is 2.15. The molecule has 0 spiro atoms. The van der Waals surface area contributed by atoms with Gasteiger partial charge >= 0.3 is 10.4 Å². The van der Waals surface area contributed by atoms with E-state index in [0.29, 0.717) is 6.42 Å². The van der Waals surface area contributed by atoms with Gasteiger partial charge in [0, 0.05) is 0 Å². The SMILES string of the molecule is CCCCCCCC1C#COS(=O)(=O)O1. The second kappa shape index (κ2) is 5.99. The topological polar surface area (TPSA) is 52.6 Å². The van der Waals surface area contributed by atoms with E-state index in [1.165, 1.54) is 19.3 Å². The van der Waals surface area contributed by atoms with Gasteiger partial charge in [-0.3, -0.25) is 0 Å². The first kappa shape index (κ1) is 12.3. The highest BCUT2D eigenvalue weighted by Gasteiger charge is 2.22. The average Bonchev–Trinajstić information content (AvgIpc) is 2.16. The molecule has 0 radical (unpaired) electrons. The number of rotatable bonds is 6. The van der Waals surface area contributed by atoms with Gasteiger partial charge in [-0.25, -0.2) is 4.18 Å². The van der Waals surface area contributed by atoms with E-state index in [0.717, 1.165) is 12.8 Å². The van der Waals surface area contributed by atoms with Gasteiger partial charge in [0.05, 0.1) is 0 Å². The number of hydrogen-bond donors (Lipinski definition) is 0. The molecule has 1 rings (SSSR count). The molecule has 0 saturated carbocycles. The van der Waals surface area contributed by atoms with E-state index in [9.17, 15) is 8.42 Å². The normalized spacial score (nSPS) is 22.6. The standard InChI is InChI=1S/C10H16O4S/c1-2-3-4-5-6-7-10-8-9-13-15(11,12)14-10/h10H,2-7H2,1H3. The minimum absolute atomic E-state index is 0.523. The van der Waals surface area contributed by atoms with Crippen LogP contribution in [0.15, 0.2) is 0 Å². The van der Waals surface area contributed by atoms with Crippen LogP contribution >= 0.6 is 0 Å². The van der Waals surface area contributed by atoms with E-state index >= 15 is 0 Å². The molecule has 1 aliphatic rings. The Morgan fingerprint density at radius 2 is 1.93 bits per heavy atom. The van der Waals surface area contributed by atoms with Gasteiger partial charge in [-0.1, -0.05) is 32.6 Å². The summed E-state index contributed by atoms with van der Waals surface area (Å²) in [5, 5.41) is 0. The fourth-order valence-corrected chi connectivity index (χ4v) is 2.00. The Hall–Kier alpha value is -0.730. The smallest absolute Gasteiger partial charge is 0.307 e. The van der Waals surface area contributed by atoms with E-state index in [1.54, 1.807) is 0 Å². The summed E-state index contributed by atoms with van der Waals surface area (Å²) in [5.74, 6) is 2.59. The van der Waals surface area contributed by atoms with Crippen molar-refractivity contribution in [3.8, 4) is 12.0 Å². The molecule has 1 atom stereocenters. The van der Waals surface area contributed by atoms with Gasteiger partial charge in [-0.15, -0.1) is 0 Å². The van der Waals surface area contributed by atoms with Gasteiger partial charge in [0.1, 0.15) is 12.2 Å². The maximum atomic E-state index is 10.8. The minimum atomic E-state index is -3.85. The molecule has 1 unspecified atom stereocenters. The Balaban J connectivity index is 2.19. The van der Waals surface area contributed by atoms with Gasteiger partial charge in [0.2, 0.25) is 0 Å². The van der Waals surface area contributed by atoms with Crippen LogP contribution in [-0.4, -0.2) is 14.5 Å². The molecule has 4 nitrogen and oxygen atoms in total. The summed E-state index contributed by atoms with van der Waals surface area (Å²) < 4.78 is 30.5. The Morgan fingerprint density at radius 3 is 2.60 bits per heavy atom. The van der Waals surface area contributed by atoms with Crippen molar-refractivity contribution in [3.63, 3.8) is 0 Å². The van der Waals surface area contributed by atoms with Crippen molar-refractivity contribution in [1.29, 1.82) is 0 Å². The van der Waals surface area contributed by atoms with Gasteiger partial charge in [-0.2, -0.15) is 8.42 Å². The highest BCUT2D eigenvalue weighted by atomic mass is 32.3. The molecule has 5 heteroatoms. The summed E-state index contributed by atoms with van der Waals surface area (Å²) in [6, 6.07) is 0. The average molecular weight is 232 g/mol. The number of unbranched alkanes of at least 4 members (excludes halogenated alkanes) is 4. The fraction of sp³-hybridized carbons (Fsp3) is 0.800. The van der Waals surface area contributed by atoms with Crippen LogP contribution in [0.5, 0.6) is 0 Å². The van der Waals surface area contributed by atoms with Crippen molar-refractivity contribution >= 4 is 10.4 Å². The Morgan fingerprint density at radius 1 is 1.20 bits per heavy atom. The predicted molar refractivity (Wildman–Crippen MR) is 56.0 cm³/mol. The largest absolute Gasteiger partial charge is 0.458 e. The first-order chi connectivity index (χ1) is 7.14. The zero-order chi connectivity index (χ0) is 11.1. The summed E-state index contributed by atoms with van der Waals surface area (Å²) in [7, 11) is -3.85. The van der Waals surface area contributed by atoms with Gasteiger partial charge in [0.15, 0.2) is 0 Å². The van der Waals surface area contributed by atoms with Gasteiger partial charge in [-0.05, 0) is 18.8 Å². The molecule has 0 aromatic carbocycles. The summed E-state index contributed by atoms with van der Waals surface area (Å²) >= 11 is 0. The molecule has 0 amide bonds. The van der Waals surface area contributed by atoms with Crippen molar-refractivity contribution in [2.45, 2.75) is 51.6 Å². The van der Waals surface area contributed by atoms with Crippen LogP contribution in [-0.2, 0) is 18.8 Å². The first-order valence-corrected chi connectivity index (χ1v) is 6.59. The van der Waals surface area contributed by atoms with Crippen LogP contribution in [0.4, 0.5) is 0 Å². The lowest BCUT2D eigenvalue weighted by Gasteiger charge is -2.12. The van der Waals surface area contributed by atoms with Gasteiger partial charge in [0.25, 0.3) is 0 Å². The van der Waals surface area contributed by atoms with Crippen LogP contribution in [0.3, 0.4) is 0 Å². The van der Waals surface area contributed by atoms with Crippen molar-refractivity contribution in [1.82, 2.24) is 0 Å². The molecular formula is C10H16O4S. The third kappa shape index (κ3) is 5.05. The lowest BCUT2D eigenvalue weighted by Crippen LogP contribution is -2.21. The molecule has 0 aliphatic carbocycles. The summed E-state index contributed by atoms with van der Waals surface area (Å²) in [6.07, 6.45) is 7.87. The summed E-state index contributed by atoms with van der Waals surface area (Å²) in [4.78, 5) is 0. The third-order valence-electron chi connectivity index (χ3n) is 2.17. The van der Waals surface area contributed by atoms with Crippen molar-refractivity contribution < 1.29 is 16.8 Å². The molecule has 1 heterocycles. The molecule has 0 saturated heterocycles. The van der Waals surface area contributed by atoms with Crippen molar-refractivity contribution in [2.24, 2.45) is 0 Å².